The Bertz CT molecular complexity index is 548. The molecule has 94 valence electrons. The van der Waals surface area contributed by atoms with Crippen LogP contribution in [0, 0.1) is 5.41 Å². The van der Waals surface area contributed by atoms with Crippen molar-refractivity contribution < 1.29 is 9.63 Å². The first-order valence-corrected chi connectivity index (χ1v) is 6.14. The maximum atomic E-state index is 10.1. The Morgan fingerprint density at radius 2 is 2.00 bits per heavy atom. The normalized spacial score (nSPS) is 22.7. The van der Waals surface area contributed by atoms with Gasteiger partial charge in [0.1, 0.15) is 0 Å². The molecule has 0 saturated heterocycles. The van der Waals surface area contributed by atoms with Gasteiger partial charge in [-0.15, -0.1) is 0 Å². The largest absolute Gasteiger partial charge is 0.378 e. The molecular formula is C14H16N2O2. The van der Waals surface area contributed by atoms with Gasteiger partial charge in [-0.1, -0.05) is 49.3 Å². The van der Waals surface area contributed by atoms with Gasteiger partial charge in [-0.05, 0) is 17.4 Å². The first kappa shape index (κ1) is 11.4. The van der Waals surface area contributed by atoms with Gasteiger partial charge in [-0.3, -0.25) is 0 Å². The highest BCUT2D eigenvalue weighted by molar-refractivity contribution is 5.22. The molecule has 4 heteroatoms. The molecule has 3 rings (SSSR count). The Morgan fingerprint density at radius 3 is 2.61 bits per heavy atom. The summed E-state index contributed by atoms with van der Waals surface area (Å²) >= 11 is 0. The number of nitrogens with zero attached hydrogens (tertiary/aromatic N) is 2. The molecule has 0 radical (unpaired) electrons. The average Bonchev–Trinajstić information content (AvgIpc) is 2.80. The smallest absolute Gasteiger partial charge is 0.260 e. The van der Waals surface area contributed by atoms with Crippen LogP contribution in [-0.2, 0) is 0 Å². The molecule has 1 fully saturated rings. The van der Waals surface area contributed by atoms with Crippen LogP contribution in [0.15, 0.2) is 34.9 Å². The fourth-order valence-electron chi connectivity index (χ4n) is 2.19. The van der Waals surface area contributed by atoms with Crippen LogP contribution < -0.4 is 0 Å². The lowest BCUT2D eigenvalue weighted by atomic mass is 10.1. The standard InChI is InChI=1S/C14H16N2O2/c1-14(2)8-10(14)12-15-13(18-16-12)11(17)9-6-4-3-5-7-9/h3-7,10-11,17H,8H2,1-2H3. The van der Waals surface area contributed by atoms with Crippen molar-refractivity contribution in [3.8, 4) is 0 Å². The van der Waals surface area contributed by atoms with Crippen molar-refractivity contribution in [3.05, 3.63) is 47.6 Å². The zero-order valence-corrected chi connectivity index (χ0v) is 10.5. The maximum absolute atomic E-state index is 10.1. The van der Waals surface area contributed by atoms with Gasteiger partial charge in [-0.25, -0.2) is 0 Å². The molecule has 1 heterocycles. The first-order valence-electron chi connectivity index (χ1n) is 6.14. The van der Waals surface area contributed by atoms with E-state index in [0.29, 0.717) is 11.7 Å². The Morgan fingerprint density at radius 1 is 1.33 bits per heavy atom. The summed E-state index contributed by atoms with van der Waals surface area (Å²) in [4.78, 5) is 4.32. The molecule has 0 spiro atoms. The molecule has 4 nitrogen and oxygen atoms in total. The second-order valence-electron chi connectivity index (χ2n) is 5.55. The minimum atomic E-state index is -0.839. The molecule has 0 aliphatic heterocycles. The highest BCUT2D eigenvalue weighted by Crippen LogP contribution is 2.57. The van der Waals surface area contributed by atoms with Gasteiger partial charge in [-0.2, -0.15) is 4.98 Å². The van der Waals surface area contributed by atoms with Crippen molar-refractivity contribution in [1.82, 2.24) is 10.1 Å². The van der Waals surface area contributed by atoms with E-state index < -0.39 is 6.10 Å². The number of hydrogen-bond donors (Lipinski definition) is 1. The van der Waals surface area contributed by atoms with Crippen LogP contribution in [0.2, 0.25) is 0 Å². The number of benzene rings is 1. The Labute approximate surface area is 106 Å². The molecule has 0 bridgehead atoms. The van der Waals surface area contributed by atoms with Crippen LogP contribution in [0.3, 0.4) is 0 Å². The zero-order valence-electron chi connectivity index (χ0n) is 10.5. The Balaban J connectivity index is 1.82. The highest BCUT2D eigenvalue weighted by atomic mass is 16.5. The summed E-state index contributed by atoms with van der Waals surface area (Å²) in [6.07, 6.45) is 0.238. The van der Waals surface area contributed by atoms with Gasteiger partial charge in [0, 0.05) is 5.92 Å². The summed E-state index contributed by atoms with van der Waals surface area (Å²) in [6.45, 7) is 4.36. The summed E-state index contributed by atoms with van der Waals surface area (Å²) < 4.78 is 5.16. The van der Waals surface area contributed by atoms with E-state index in [-0.39, 0.29) is 11.3 Å². The van der Waals surface area contributed by atoms with Crippen molar-refractivity contribution in [3.63, 3.8) is 0 Å². The quantitative estimate of drug-likeness (QED) is 0.901. The SMILES string of the molecule is CC1(C)CC1c1noc(C(O)c2ccccc2)n1. The molecule has 0 amide bonds. The van der Waals surface area contributed by atoms with Crippen LogP contribution >= 0.6 is 0 Å². The van der Waals surface area contributed by atoms with E-state index in [1.54, 1.807) is 0 Å². The lowest BCUT2D eigenvalue weighted by Crippen LogP contribution is -2.00. The number of aromatic nitrogens is 2. The number of aliphatic hydroxyl groups excluding tert-OH is 1. The lowest BCUT2D eigenvalue weighted by Gasteiger charge is -2.04. The van der Waals surface area contributed by atoms with Gasteiger partial charge < -0.3 is 9.63 Å². The van der Waals surface area contributed by atoms with E-state index in [4.69, 9.17) is 4.52 Å². The second kappa shape index (κ2) is 3.92. The fraction of sp³-hybridized carbons (Fsp3) is 0.429. The molecule has 1 aromatic carbocycles. The molecule has 2 atom stereocenters. The van der Waals surface area contributed by atoms with Crippen LogP contribution in [0.1, 0.15) is 49.6 Å². The van der Waals surface area contributed by atoms with Crippen LogP contribution in [-0.4, -0.2) is 15.2 Å². The summed E-state index contributed by atoms with van der Waals surface area (Å²) in [6, 6.07) is 9.34. The third-order valence-electron chi connectivity index (χ3n) is 3.63. The van der Waals surface area contributed by atoms with E-state index in [0.717, 1.165) is 12.0 Å². The minimum Gasteiger partial charge on any atom is -0.378 e. The van der Waals surface area contributed by atoms with Crippen LogP contribution in [0.25, 0.3) is 0 Å². The minimum absolute atomic E-state index is 0.263. The summed E-state index contributed by atoms with van der Waals surface area (Å²) in [5, 5.41) is 14.1. The molecule has 18 heavy (non-hydrogen) atoms. The molecule has 1 aliphatic rings. The second-order valence-corrected chi connectivity index (χ2v) is 5.55. The monoisotopic (exact) mass is 244 g/mol. The summed E-state index contributed by atoms with van der Waals surface area (Å²) in [5.74, 6) is 1.35. The van der Waals surface area contributed by atoms with Crippen LogP contribution in [0.5, 0.6) is 0 Å². The third kappa shape index (κ3) is 1.93. The van der Waals surface area contributed by atoms with E-state index >= 15 is 0 Å². The van der Waals surface area contributed by atoms with Gasteiger partial charge >= 0.3 is 0 Å². The van der Waals surface area contributed by atoms with Crippen molar-refractivity contribution in [2.75, 3.05) is 0 Å². The van der Waals surface area contributed by atoms with Gasteiger partial charge in [0.25, 0.3) is 5.89 Å². The van der Waals surface area contributed by atoms with Gasteiger partial charge in [0.15, 0.2) is 11.9 Å². The molecule has 1 aromatic heterocycles. The predicted octanol–water partition coefficient (Wildman–Crippen LogP) is 2.66. The van der Waals surface area contributed by atoms with Gasteiger partial charge in [0.2, 0.25) is 0 Å². The van der Waals surface area contributed by atoms with Crippen molar-refractivity contribution in [1.29, 1.82) is 0 Å². The molecule has 1 aliphatic carbocycles. The molecule has 1 saturated carbocycles. The predicted molar refractivity (Wildman–Crippen MR) is 65.9 cm³/mol. The van der Waals surface area contributed by atoms with E-state index in [1.165, 1.54) is 0 Å². The fourth-order valence-corrected chi connectivity index (χ4v) is 2.19. The van der Waals surface area contributed by atoms with E-state index in [2.05, 4.69) is 24.0 Å². The molecule has 2 unspecified atom stereocenters. The number of rotatable bonds is 3. The summed E-state index contributed by atoms with van der Waals surface area (Å²) in [5.41, 5.74) is 1.03. The van der Waals surface area contributed by atoms with Gasteiger partial charge in [0.05, 0.1) is 0 Å². The van der Waals surface area contributed by atoms with Crippen molar-refractivity contribution >= 4 is 0 Å². The average molecular weight is 244 g/mol. The molecule has 2 aromatic rings. The van der Waals surface area contributed by atoms with E-state index in [9.17, 15) is 5.11 Å². The van der Waals surface area contributed by atoms with Crippen LogP contribution in [0.4, 0.5) is 0 Å². The van der Waals surface area contributed by atoms with E-state index in [1.807, 2.05) is 30.3 Å². The first-order chi connectivity index (χ1) is 8.58. The molecule has 1 N–H and O–H groups in total. The molecular weight excluding hydrogens is 228 g/mol. The van der Waals surface area contributed by atoms with Crippen molar-refractivity contribution in [2.24, 2.45) is 5.41 Å². The lowest BCUT2D eigenvalue weighted by molar-refractivity contribution is 0.170. The highest BCUT2D eigenvalue weighted by Gasteiger charge is 2.49. The van der Waals surface area contributed by atoms with Crippen molar-refractivity contribution in [2.45, 2.75) is 32.3 Å². The Hall–Kier alpha value is -1.68. The number of hydrogen-bond acceptors (Lipinski definition) is 4. The summed E-state index contributed by atoms with van der Waals surface area (Å²) in [7, 11) is 0. The Kier molecular flexibility index (Phi) is 2.48. The topological polar surface area (TPSA) is 59.2 Å². The zero-order chi connectivity index (χ0) is 12.8. The maximum Gasteiger partial charge on any atom is 0.260 e. The number of aliphatic hydroxyl groups is 1. The third-order valence-corrected chi connectivity index (χ3v) is 3.63.